The number of rotatable bonds is 21. The largest absolute Gasteiger partial charge is 0.508 e. The van der Waals surface area contributed by atoms with E-state index in [2.05, 4.69) is 36.6 Å². The summed E-state index contributed by atoms with van der Waals surface area (Å²) in [5, 5.41) is 39.9. The number of H-pyrrole nitrogens is 1. The van der Waals surface area contributed by atoms with Crippen LogP contribution >= 0.6 is 11.8 Å². The predicted molar refractivity (Wildman–Crippen MR) is 184 cm³/mol. The number of nitrogens with two attached hydrogens (primary N) is 2. The van der Waals surface area contributed by atoms with Crippen molar-refractivity contribution in [1.82, 2.24) is 36.6 Å². The zero-order valence-corrected chi connectivity index (χ0v) is 28.6. The number of aromatic nitrogens is 2. The second-order valence-corrected chi connectivity index (χ2v) is 12.7. The fourth-order valence-electron chi connectivity index (χ4n) is 4.58. The molecule has 0 aliphatic carbocycles. The summed E-state index contributed by atoms with van der Waals surface area (Å²) >= 11 is 1.43. The van der Waals surface area contributed by atoms with Crippen molar-refractivity contribution in [2.24, 2.45) is 17.4 Å². The number of carbonyl (C=O) groups excluding carboxylic acids is 4. The van der Waals surface area contributed by atoms with Crippen molar-refractivity contribution in [3.63, 3.8) is 0 Å². The number of aromatic hydroxyl groups is 1. The molecule has 0 unspecified atom stereocenters. The quantitative estimate of drug-likeness (QED) is 0.0421. The summed E-state index contributed by atoms with van der Waals surface area (Å²) in [6, 6.07) is 0.130. The summed E-state index contributed by atoms with van der Waals surface area (Å²) in [6.07, 6.45) is 5.22. The number of carboxylic acid groups (broad SMARTS) is 1. The van der Waals surface area contributed by atoms with E-state index >= 15 is 0 Å². The van der Waals surface area contributed by atoms with Gasteiger partial charge < -0.3 is 53.2 Å². The summed E-state index contributed by atoms with van der Waals surface area (Å²) in [5.74, 6) is -4.02. The molecule has 0 bridgehead atoms. The Labute approximate surface area is 289 Å². The van der Waals surface area contributed by atoms with Gasteiger partial charge in [-0.2, -0.15) is 11.8 Å². The molecule has 49 heavy (non-hydrogen) atoms. The summed E-state index contributed by atoms with van der Waals surface area (Å²) < 4.78 is 0. The van der Waals surface area contributed by atoms with Crippen molar-refractivity contribution in [2.45, 2.75) is 76.2 Å². The first-order valence-electron chi connectivity index (χ1n) is 15.7. The van der Waals surface area contributed by atoms with Crippen LogP contribution < -0.4 is 38.1 Å². The summed E-state index contributed by atoms with van der Waals surface area (Å²) in [4.78, 5) is 72.6. The number of carboxylic acids is 1. The van der Waals surface area contributed by atoms with Gasteiger partial charge >= 0.3 is 5.97 Å². The molecule has 0 spiro atoms. The van der Waals surface area contributed by atoms with Crippen LogP contribution in [-0.4, -0.2) is 105 Å². The lowest BCUT2D eigenvalue weighted by Crippen LogP contribution is -2.59. The van der Waals surface area contributed by atoms with Crippen molar-refractivity contribution >= 4 is 47.3 Å². The maximum absolute atomic E-state index is 13.7. The van der Waals surface area contributed by atoms with Crippen LogP contribution in [0, 0.1) is 11.3 Å². The van der Waals surface area contributed by atoms with Crippen molar-refractivity contribution in [3.8, 4) is 5.75 Å². The number of carbonyl (C=O) groups is 5. The number of aliphatic carboxylic acids is 1. The molecule has 1 aromatic carbocycles. The lowest BCUT2D eigenvalue weighted by atomic mass is 10.0. The Bertz CT molecular complexity index is 1390. The third-order valence-electron chi connectivity index (χ3n) is 7.47. The lowest BCUT2D eigenvalue weighted by Gasteiger charge is -2.26. The number of nitrogens with one attached hydrogen (secondary N) is 7. The van der Waals surface area contributed by atoms with E-state index in [4.69, 9.17) is 16.9 Å². The van der Waals surface area contributed by atoms with E-state index in [1.807, 2.05) is 6.26 Å². The minimum atomic E-state index is -1.36. The van der Waals surface area contributed by atoms with Gasteiger partial charge in [-0.3, -0.25) is 24.6 Å². The Morgan fingerprint density at radius 3 is 2.00 bits per heavy atom. The van der Waals surface area contributed by atoms with Crippen LogP contribution in [0.2, 0.25) is 0 Å². The highest BCUT2D eigenvalue weighted by Gasteiger charge is 2.32. The molecule has 2 rings (SSSR count). The standard InChI is InChI=1S/C31H48N10O7S/c1-17(2)25(32)29(46)40-23(14-19-15-35-16-37-19)28(45)39-22(10-12-49-3)27(44)38-21(5-4-11-36-31(33)34)26(43)41-24(30(47)48)13-18-6-8-20(42)9-7-18/h6-9,15-17,21-25,42H,4-5,10-14,32H2,1-3H3,(H,35,37)(H,38,44)(H,39,45)(H,40,46)(H,41,43)(H,47,48)(H4,33,34,36)/t21-,22-,23-,24-,25-/m0/s1. The van der Waals surface area contributed by atoms with Gasteiger partial charge in [-0.25, -0.2) is 9.78 Å². The number of phenols is 1. The molecule has 1 heterocycles. The van der Waals surface area contributed by atoms with E-state index in [9.17, 15) is 34.2 Å². The molecule has 2 aromatic rings. The molecule has 0 aliphatic heterocycles. The number of hydrogen-bond donors (Lipinski definition) is 11. The maximum Gasteiger partial charge on any atom is 0.326 e. The number of benzene rings is 1. The molecule has 0 saturated carbocycles. The van der Waals surface area contributed by atoms with Gasteiger partial charge in [0.1, 0.15) is 29.9 Å². The van der Waals surface area contributed by atoms with Crippen molar-refractivity contribution in [3.05, 3.63) is 48.0 Å². The lowest BCUT2D eigenvalue weighted by molar-refractivity contribution is -0.142. The molecule has 18 heteroatoms. The van der Waals surface area contributed by atoms with E-state index < -0.39 is 59.8 Å². The van der Waals surface area contributed by atoms with Gasteiger partial charge in [0.2, 0.25) is 23.6 Å². The molecule has 270 valence electrons. The van der Waals surface area contributed by atoms with Crippen LogP contribution in [0.4, 0.5) is 0 Å². The number of guanidine groups is 1. The molecular weight excluding hydrogens is 656 g/mol. The molecule has 5 atom stereocenters. The zero-order chi connectivity index (χ0) is 36.5. The van der Waals surface area contributed by atoms with E-state index in [-0.39, 0.29) is 56.3 Å². The normalized spacial score (nSPS) is 14.1. The molecule has 17 nitrogen and oxygen atoms in total. The molecular formula is C31H48N10O7S. The van der Waals surface area contributed by atoms with Crippen molar-refractivity contribution < 1.29 is 34.2 Å². The van der Waals surface area contributed by atoms with E-state index in [0.717, 1.165) is 0 Å². The molecule has 0 radical (unpaired) electrons. The fraction of sp³-hybridized carbons (Fsp3) is 0.516. The zero-order valence-electron chi connectivity index (χ0n) is 27.8. The summed E-state index contributed by atoms with van der Waals surface area (Å²) in [7, 11) is 0. The SMILES string of the molecule is CSCC[C@H](NC(=O)[C@H](Cc1c[nH]cn1)NC(=O)[C@@H](N)C(C)C)C(=O)N[C@@H](CCCNC(=N)N)C(=O)N[C@@H](Cc1ccc(O)cc1)C(=O)O. The van der Waals surface area contributed by atoms with E-state index in [0.29, 0.717) is 17.0 Å². The minimum absolute atomic E-state index is 0.00121. The van der Waals surface area contributed by atoms with Gasteiger partial charge in [-0.1, -0.05) is 26.0 Å². The Hall–Kier alpha value is -4.84. The molecule has 0 saturated heterocycles. The topological polar surface area (TPSA) is 291 Å². The van der Waals surface area contributed by atoms with Crippen molar-refractivity contribution in [2.75, 3.05) is 18.6 Å². The molecule has 0 aliphatic rings. The van der Waals surface area contributed by atoms with Crippen LogP contribution in [0.15, 0.2) is 36.8 Å². The number of nitrogens with zero attached hydrogens (tertiary/aromatic N) is 1. The number of hydrogen-bond acceptors (Lipinski definition) is 10. The number of imidazole rings is 1. The summed E-state index contributed by atoms with van der Waals surface area (Å²) in [6.45, 7) is 3.74. The second kappa shape index (κ2) is 20.5. The van der Waals surface area contributed by atoms with Gasteiger partial charge in [0.05, 0.1) is 18.1 Å². The molecule has 0 fully saturated rings. The van der Waals surface area contributed by atoms with Crippen LogP contribution in [0.1, 0.15) is 44.4 Å². The number of phenolic OH excluding ortho intramolecular Hbond substituents is 1. The highest BCUT2D eigenvalue weighted by Crippen LogP contribution is 2.12. The highest BCUT2D eigenvalue weighted by atomic mass is 32.2. The Morgan fingerprint density at radius 1 is 0.898 bits per heavy atom. The van der Waals surface area contributed by atoms with Gasteiger partial charge in [-0.15, -0.1) is 0 Å². The number of aromatic amines is 1. The van der Waals surface area contributed by atoms with E-state index in [1.165, 1.54) is 42.4 Å². The van der Waals surface area contributed by atoms with Gasteiger partial charge in [0.15, 0.2) is 5.96 Å². The Morgan fingerprint density at radius 2 is 1.47 bits per heavy atom. The van der Waals surface area contributed by atoms with Crippen molar-refractivity contribution in [1.29, 1.82) is 5.41 Å². The maximum atomic E-state index is 13.7. The first-order chi connectivity index (χ1) is 23.2. The van der Waals surface area contributed by atoms with Gasteiger partial charge in [-0.05, 0) is 54.9 Å². The highest BCUT2D eigenvalue weighted by molar-refractivity contribution is 7.98. The van der Waals surface area contributed by atoms with Gasteiger partial charge in [0, 0.05) is 25.6 Å². The molecule has 13 N–H and O–H groups in total. The smallest absolute Gasteiger partial charge is 0.326 e. The monoisotopic (exact) mass is 704 g/mol. The second-order valence-electron chi connectivity index (χ2n) is 11.8. The van der Waals surface area contributed by atoms with E-state index in [1.54, 1.807) is 20.0 Å². The number of amides is 4. The third kappa shape index (κ3) is 14.4. The first kappa shape index (κ1) is 40.3. The minimum Gasteiger partial charge on any atom is -0.508 e. The fourth-order valence-corrected chi connectivity index (χ4v) is 5.05. The molecule has 1 aromatic heterocycles. The van der Waals surface area contributed by atoms with Gasteiger partial charge in [0.25, 0.3) is 0 Å². The first-order valence-corrected chi connectivity index (χ1v) is 17.1. The average Bonchev–Trinajstić information content (AvgIpc) is 3.57. The third-order valence-corrected chi connectivity index (χ3v) is 8.12. The molecule has 4 amide bonds. The van der Waals surface area contributed by atoms with Crippen LogP contribution in [-0.2, 0) is 36.8 Å². The predicted octanol–water partition coefficient (Wildman–Crippen LogP) is -1.08. The van der Waals surface area contributed by atoms with Crippen LogP contribution in [0.3, 0.4) is 0 Å². The van der Waals surface area contributed by atoms with Crippen LogP contribution in [0.25, 0.3) is 0 Å². The summed E-state index contributed by atoms with van der Waals surface area (Å²) in [5.41, 5.74) is 12.4. The number of thioether (sulfide) groups is 1. The Kier molecular flexibility index (Phi) is 16.9. The Balaban J connectivity index is 2.27. The average molecular weight is 705 g/mol. The van der Waals surface area contributed by atoms with Crippen LogP contribution in [0.5, 0.6) is 5.75 Å².